The minimum absolute atomic E-state index is 0.274. The van der Waals surface area contributed by atoms with Gasteiger partial charge in [0.15, 0.2) is 0 Å². The first-order chi connectivity index (χ1) is 10.2. The molecule has 0 saturated heterocycles. The Hall–Kier alpha value is -1.64. The van der Waals surface area contributed by atoms with Gasteiger partial charge in [0.1, 0.15) is 10.5 Å². The Morgan fingerprint density at radius 1 is 1.05 bits per heavy atom. The molecule has 2 rings (SSSR count). The largest absolute Gasteiger partial charge is 0.418 e. The molecule has 2 unspecified atom stereocenters. The highest BCUT2D eigenvalue weighted by Crippen LogP contribution is 2.30. The van der Waals surface area contributed by atoms with Gasteiger partial charge in [-0.25, -0.2) is 0 Å². The summed E-state index contributed by atoms with van der Waals surface area (Å²) in [6, 6.07) is 21.1. The van der Waals surface area contributed by atoms with Crippen molar-refractivity contribution in [2.45, 2.75) is 25.4 Å². The van der Waals surface area contributed by atoms with Crippen molar-refractivity contribution >= 4 is 10.5 Å². The summed E-state index contributed by atoms with van der Waals surface area (Å²) in [6.07, 6.45) is 3.89. The monoisotopic (exact) mass is 296 g/mol. The zero-order valence-electron chi connectivity index (χ0n) is 13.0. The van der Waals surface area contributed by atoms with E-state index in [-0.39, 0.29) is 5.60 Å². The fourth-order valence-corrected chi connectivity index (χ4v) is 3.57. The van der Waals surface area contributed by atoms with Crippen LogP contribution >= 0.6 is 0 Å². The van der Waals surface area contributed by atoms with Crippen LogP contribution in [0.3, 0.4) is 0 Å². The summed E-state index contributed by atoms with van der Waals surface area (Å²) in [7, 11) is 0.710. The zero-order valence-corrected chi connectivity index (χ0v) is 15.0. The molecule has 21 heavy (non-hydrogen) atoms. The summed E-state index contributed by atoms with van der Waals surface area (Å²) < 4.78 is 6.05. The predicted molar refractivity (Wildman–Crippen MR) is 93.4 cm³/mol. The highest BCUT2D eigenvalue weighted by Gasteiger charge is 2.32. The molecule has 0 N–H and O–H groups in total. The van der Waals surface area contributed by atoms with Gasteiger partial charge in [0.05, 0.1) is 5.60 Å². The molecule has 0 aromatic heterocycles. The number of hydrogen-bond donors (Lipinski definition) is 0. The SMILES string of the molecule is C=CC(Cc1ccccc1)(O[SiH3])C(C)Cc1ccccc1. The second kappa shape index (κ2) is 7.39. The molecule has 0 radical (unpaired) electrons. The van der Waals surface area contributed by atoms with Crippen molar-refractivity contribution in [3.63, 3.8) is 0 Å². The molecular weight excluding hydrogens is 272 g/mol. The van der Waals surface area contributed by atoms with Gasteiger partial charge in [0.25, 0.3) is 0 Å². The summed E-state index contributed by atoms with van der Waals surface area (Å²) in [5.74, 6) is 0.384. The average molecular weight is 296 g/mol. The van der Waals surface area contributed by atoms with Crippen molar-refractivity contribution < 1.29 is 4.43 Å². The first kappa shape index (κ1) is 15.7. The molecule has 110 valence electrons. The Morgan fingerprint density at radius 3 is 2.05 bits per heavy atom. The molecule has 0 spiro atoms. The van der Waals surface area contributed by atoms with Gasteiger partial charge in [0.2, 0.25) is 0 Å². The van der Waals surface area contributed by atoms with E-state index in [9.17, 15) is 0 Å². The maximum Gasteiger partial charge on any atom is 0.147 e. The first-order valence-corrected chi connectivity index (χ1v) is 8.28. The minimum Gasteiger partial charge on any atom is -0.418 e. The molecule has 0 aliphatic carbocycles. The molecular formula is C19H24OSi. The molecule has 0 heterocycles. The lowest BCUT2D eigenvalue weighted by Gasteiger charge is -2.36. The zero-order chi connectivity index (χ0) is 15.1. The molecule has 0 bridgehead atoms. The van der Waals surface area contributed by atoms with E-state index in [1.165, 1.54) is 11.1 Å². The second-order valence-corrected chi connectivity index (χ2v) is 6.02. The normalized spacial score (nSPS) is 15.3. The Bertz CT molecular complexity index is 552. The number of rotatable bonds is 7. The molecule has 2 aromatic rings. The first-order valence-electron chi connectivity index (χ1n) is 7.47. The number of benzene rings is 2. The van der Waals surface area contributed by atoms with Crippen LogP contribution in [0, 0.1) is 5.92 Å². The summed E-state index contributed by atoms with van der Waals surface area (Å²) in [5.41, 5.74) is 2.37. The van der Waals surface area contributed by atoms with Crippen LogP contribution in [0.25, 0.3) is 0 Å². The summed E-state index contributed by atoms with van der Waals surface area (Å²) in [6.45, 7) is 6.32. The molecule has 2 aromatic carbocycles. The lowest BCUT2D eigenvalue weighted by Crippen LogP contribution is -2.40. The summed E-state index contributed by atoms with van der Waals surface area (Å²) in [4.78, 5) is 0. The van der Waals surface area contributed by atoms with Gasteiger partial charge in [-0.3, -0.25) is 0 Å². The summed E-state index contributed by atoms with van der Waals surface area (Å²) in [5, 5.41) is 0. The van der Waals surface area contributed by atoms with E-state index in [1.807, 2.05) is 12.1 Å². The lowest BCUT2D eigenvalue weighted by atomic mass is 9.80. The smallest absolute Gasteiger partial charge is 0.147 e. The maximum absolute atomic E-state index is 6.05. The Kier molecular flexibility index (Phi) is 5.54. The summed E-state index contributed by atoms with van der Waals surface area (Å²) >= 11 is 0. The van der Waals surface area contributed by atoms with E-state index in [0.717, 1.165) is 12.8 Å². The Labute approximate surface area is 131 Å². The van der Waals surface area contributed by atoms with Crippen LogP contribution in [0.4, 0.5) is 0 Å². The molecule has 0 amide bonds. The lowest BCUT2D eigenvalue weighted by molar-refractivity contribution is 0.0732. The average Bonchev–Trinajstić information content (AvgIpc) is 2.54. The van der Waals surface area contributed by atoms with Crippen LogP contribution in [0.1, 0.15) is 18.1 Å². The quantitative estimate of drug-likeness (QED) is 0.562. The van der Waals surface area contributed by atoms with Crippen molar-refractivity contribution in [1.29, 1.82) is 0 Å². The van der Waals surface area contributed by atoms with Crippen LogP contribution in [-0.2, 0) is 17.3 Å². The van der Waals surface area contributed by atoms with E-state index in [4.69, 9.17) is 4.43 Å². The van der Waals surface area contributed by atoms with Gasteiger partial charge in [-0.05, 0) is 23.5 Å². The molecule has 2 atom stereocenters. The van der Waals surface area contributed by atoms with Gasteiger partial charge < -0.3 is 4.43 Å². The fraction of sp³-hybridized carbons (Fsp3) is 0.263. The minimum atomic E-state index is -0.274. The van der Waals surface area contributed by atoms with Gasteiger partial charge in [-0.1, -0.05) is 73.7 Å². The standard InChI is InChI=1S/C19H24OSi/c1-3-19(20-21,15-18-12-8-5-9-13-18)16(2)14-17-10-6-4-7-11-17/h3-13,16H,1,14-15H2,2,21H3. The van der Waals surface area contributed by atoms with Gasteiger partial charge in [-0.2, -0.15) is 0 Å². The van der Waals surface area contributed by atoms with Crippen molar-refractivity contribution in [1.82, 2.24) is 0 Å². The molecule has 2 heteroatoms. The fourth-order valence-electron chi connectivity index (χ4n) is 2.86. The van der Waals surface area contributed by atoms with Crippen molar-refractivity contribution in [3.05, 3.63) is 84.4 Å². The number of hydrogen-bond acceptors (Lipinski definition) is 1. The van der Waals surface area contributed by atoms with Crippen molar-refractivity contribution in [2.75, 3.05) is 0 Å². The third kappa shape index (κ3) is 3.93. The molecule has 1 nitrogen and oxygen atoms in total. The predicted octanol–water partition coefficient (Wildman–Crippen LogP) is 3.33. The van der Waals surface area contributed by atoms with E-state index >= 15 is 0 Å². The molecule has 0 fully saturated rings. The topological polar surface area (TPSA) is 9.23 Å². The third-order valence-corrected chi connectivity index (χ3v) is 5.03. The van der Waals surface area contributed by atoms with E-state index in [2.05, 4.69) is 68.1 Å². The molecule has 0 aliphatic heterocycles. The maximum atomic E-state index is 6.05. The Balaban J connectivity index is 2.18. The van der Waals surface area contributed by atoms with Crippen molar-refractivity contribution in [2.24, 2.45) is 5.92 Å². The van der Waals surface area contributed by atoms with Crippen LogP contribution in [0.5, 0.6) is 0 Å². The second-order valence-electron chi connectivity index (χ2n) is 5.62. The van der Waals surface area contributed by atoms with Crippen LogP contribution < -0.4 is 0 Å². The molecule has 0 saturated carbocycles. The van der Waals surface area contributed by atoms with Crippen LogP contribution in [-0.4, -0.2) is 16.1 Å². The van der Waals surface area contributed by atoms with E-state index < -0.39 is 0 Å². The van der Waals surface area contributed by atoms with Gasteiger partial charge in [-0.15, -0.1) is 6.58 Å². The molecule has 0 aliphatic rings. The van der Waals surface area contributed by atoms with Crippen LogP contribution in [0.2, 0.25) is 0 Å². The van der Waals surface area contributed by atoms with Gasteiger partial charge in [0, 0.05) is 6.42 Å². The Morgan fingerprint density at radius 2 is 1.57 bits per heavy atom. The van der Waals surface area contributed by atoms with E-state index in [0.29, 0.717) is 16.4 Å². The highest BCUT2D eigenvalue weighted by molar-refractivity contribution is 5.98. The van der Waals surface area contributed by atoms with E-state index in [1.54, 1.807) is 0 Å². The van der Waals surface area contributed by atoms with Crippen LogP contribution in [0.15, 0.2) is 73.3 Å². The highest BCUT2D eigenvalue weighted by atomic mass is 28.2. The van der Waals surface area contributed by atoms with Crippen molar-refractivity contribution in [3.8, 4) is 0 Å². The third-order valence-electron chi connectivity index (χ3n) is 4.27. The van der Waals surface area contributed by atoms with Gasteiger partial charge >= 0.3 is 0 Å².